The molecule has 128 valence electrons. The molecule has 0 atom stereocenters. The lowest BCUT2D eigenvalue weighted by Crippen LogP contribution is -2.02. The lowest BCUT2D eigenvalue weighted by molar-refractivity contribution is 0.299. The molecule has 0 aromatic heterocycles. The normalized spacial score (nSPS) is 10.5. The van der Waals surface area contributed by atoms with E-state index in [2.05, 4.69) is 36.5 Å². The van der Waals surface area contributed by atoms with Crippen molar-refractivity contribution in [1.82, 2.24) is 0 Å². The topological polar surface area (TPSA) is 21.3 Å². The number of nitrogens with one attached hydrogen (secondary N) is 1. The van der Waals surface area contributed by atoms with E-state index in [0.29, 0.717) is 22.9 Å². The molecule has 0 unspecified atom stereocenters. The molecule has 3 aromatic carbocycles. The summed E-state index contributed by atoms with van der Waals surface area (Å²) in [5, 5.41) is 3.74. The van der Waals surface area contributed by atoms with Crippen molar-refractivity contribution in [3.05, 3.63) is 94.3 Å². The van der Waals surface area contributed by atoms with Gasteiger partial charge in [-0.15, -0.1) is 0 Å². The Morgan fingerprint density at radius 3 is 2.52 bits per heavy atom. The molecule has 0 radical (unpaired) electrons. The maximum Gasteiger partial charge on any atom is 0.131 e. The van der Waals surface area contributed by atoms with Crippen LogP contribution in [-0.4, -0.2) is 0 Å². The third kappa shape index (κ3) is 4.74. The summed E-state index contributed by atoms with van der Waals surface area (Å²) < 4.78 is 19.5. The molecule has 3 rings (SSSR count). The van der Waals surface area contributed by atoms with Crippen LogP contribution in [0.1, 0.15) is 16.7 Å². The quantitative estimate of drug-likeness (QED) is 0.587. The molecule has 25 heavy (non-hydrogen) atoms. The minimum atomic E-state index is -0.357. The fourth-order valence-corrected chi connectivity index (χ4v) is 2.66. The summed E-state index contributed by atoms with van der Waals surface area (Å²) >= 11 is 6.03. The van der Waals surface area contributed by atoms with Gasteiger partial charge in [-0.1, -0.05) is 47.5 Å². The lowest BCUT2D eigenvalue weighted by atomic mass is 10.2. The number of aryl methyl sites for hydroxylation is 1. The summed E-state index contributed by atoms with van der Waals surface area (Å²) in [6.45, 7) is 2.84. The standard InChI is InChI=1S/C21H19ClFNO/c1-15-8-10-17(11-9-15)24-13-16-4-2-5-18(12-16)25-14-19-20(22)6-3-7-21(19)23/h2-12,24H,13-14H2,1H3. The SMILES string of the molecule is Cc1ccc(NCc2cccc(OCc3c(F)cccc3Cl)c2)cc1. The van der Waals surface area contributed by atoms with Gasteiger partial charge < -0.3 is 10.1 Å². The largest absolute Gasteiger partial charge is 0.489 e. The highest BCUT2D eigenvalue weighted by atomic mass is 35.5. The minimum absolute atomic E-state index is 0.0976. The molecule has 1 N–H and O–H groups in total. The minimum Gasteiger partial charge on any atom is -0.489 e. The molecule has 0 aliphatic carbocycles. The number of rotatable bonds is 6. The van der Waals surface area contributed by atoms with Gasteiger partial charge in [-0.05, 0) is 48.9 Å². The molecular weight excluding hydrogens is 337 g/mol. The first kappa shape index (κ1) is 17.3. The van der Waals surface area contributed by atoms with Crippen LogP contribution >= 0.6 is 11.6 Å². The highest BCUT2D eigenvalue weighted by Crippen LogP contribution is 2.22. The van der Waals surface area contributed by atoms with E-state index in [-0.39, 0.29) is 12.4 Å². The number of hydrogen-bond donors (Lipinski definition) is 1. The van der Waals surface area contributed by atoms with E-state index < -0.39 is 0 Å². The van der Waals surface area contributed by atoms with Crippen LogP contribution in [0, 0.1) is 12.7 Å². The number of anilines is 1. The van der Waals surface area contributed by atoms with Gasteiger partial charge in [-0.2, -0.15) is 0 Å². The molecule has 4 heteroatoms. The van der Waals surface area contributed by atoms with E-state index in [1.165, 1.54) is 11.6 Å². The maximum atomic E-state index is 13.8. The van der Waals surface area contributed by atoms with Crippen molar-refractivity contribution in [1.29, 1.82) is 0 Å². The monoisotopic (exact) mass is 355 g/mol. The van der Waals surface area contributed by atoms with Crippen molar-refractivity contribution in [2.45, 2.75) is 20.1 Å². The zero-order valence-corrected chi connectivity index (χ0v) is 14.7. The van der Waals surface area contributed by atoms with Gasteiger partial charge in [0.25, 0.3) is 0 Å². The van der Waals surface area contributed by atoms with E-state index in [9.17, 15) is 4.39 Å². The molecule has 0 fully saturated rings. The van der Waals surface area contributed by atoms with Gasteiger partial charge in [-0.3, -0.25) is 0 Å². The highest BCUT2D eigenvalue weighted by molar-refractivity contribution is 6.31. The smallest absolute Gasteiger partial charge is 0.131 e. The van der Waals surface area contributed by atoms with Crippen LogP contribution in [0.2, 0.25) is 5.02 Å². The lowest BCUT2D eigenvalue weighted by Gasteiger charge is -2.11. The van der Waals surface area contributed by atoms with Crippen LogP contribution in [0.3, 0.4) is 0 Å². The molecule has 0 aliphatic rings. The summed E-state index contributed by atoms with van der Waals surface area (Å²) in [6, 6.07) is 20.6. The first-order chi connectivity index (χ1) is 12.1. The van der Waals surface area contributed by atoms with Crippen LogP contribution in [0.15, 0.2) is 66.7 Å². The van der Waals surface area contributed by atoms with Crippen LogP contribution in [-0.2, 0) is 13.2 Å². The van der Waals surface area contributed by atoms with Gasteiger partial charge in [0.1, 0.15) is 18.2 Å². The Morgan fingerprint density at radius 1 is 1.00 bits per heavy atom. The maximum absolute atomic E-state index is 13.8. The third-order valence-electron chi connectivity index (χ3n) is 3.89. The van der Waals surface area contributed by atoms with Crippen molar-refractivity contribution in [2.75, 3.05) is 5.32 Å². The number of halogens is 2. The molecule has 0 aliphatic heterocycles. The van der Waals surface area contributed by atoms with Crippen LogP contribution < -0.4 is 10.1 Å². The Bertz CT molecular complexity index is 829. The van der Waals surface area contributed by atoms with Gasteiger partial charge >= 0.3 is 0 Å². The van der Waals surface area contributed by atoms with E-state index in [4.69, 9.17) is 16.3 Å². The van der Waals surface area contributed by atoms with Crippen LogP contribution in [0.4, 0.5) is 10.1 Å². The molecule has 2 nitrogen and oxygen atoms in total. The predicted molar refractivity (Wildman–Crippen MR) is 101 cm³/mol. The molecule has 0 saturated carbocycles. The zero-order valence-electron chi connectivity index (χ0n) is 13.9. The van der Waals surface area contributed by atoms with E-state index >= 15 is 0 Å². The van der Waals surface area contributed by atoms with E-state index in [1.807, 2.05) is 24.3 Å². The second-order valence-electron chi connectivity index (χ2n) is 5.86. The fourth-order valence-electron chi connectivity index (χ4n) is 2.45. The van der Waals surface area contributed by atoms with Gasteiger partial charge in [0.05, 0.1) is 5.02 Å². The number of hydrogen-bond acceptors (Lipinski definition) is 2. The Balaban J connectivity index is 1.62. The highest BCUT2D eigenvalue weighted by Gasteiger charge is 2.08. The van der Waals surface area contributed by atoms with Crippen molar-refractivity contribution in [3.8, 4) is 5.75 Å². The second kappa shape index (κ2) is 8.04. The Morgan fingerprint density at radius 2 is 1.76 bits per heavy atom. The fraction of sp³-hybridized carbons (Fsp3) is 0.143. The molecule has 0 saturated heterocycles. The molecule has 3 aromatic rings. The van der Waals surface area contributed by atoms with E-state index in [0.717, 1.165) is 11.3 Å². The van der Waals surface area contributed by atoms with Crippen molar-refractivity contribution < 1.29 is 9.13 Å². The van der Waals surface area contributed by atoms with Gasteiger partial charge in [0.15, 0.2) is 0 Å². The third-order valence-corrected chi connectivity index (χ3v) is 4.25. The van der Waals surface area contributed by atoms with Crippen LogP contribution in [0.5, 0.6) is 5.75 Å². The Hall–Kier alpha value is -2.52. The summed E-state index contributed by atoms with van der Waals surface area (Å²) in [4.78, 5) is 0. The first-order valence-corrected chi connectivity index (χ1v) is 8.45. The average Bonchev–Trinajstić information content (AvgIpc) is 2.61. The van der Waals surface area contributed by atoms with Gasteiger partial charge in [0.2, 0.25) is 0 Å². The number of ether oxygens (including phenoxy) is 1. The first-order valence-electron chi connectivity index (χ1n) is 8.07. The van der Waals surface area contributed by atoms with Gasteiger partial charge in [-0.25, -0.2) is 4.39 Å². The van der Waals surface area contributed by atoms with Crippen molar-refractivity contribution in [3.63, 3.8) is 0 Å². The summed E-state index contributed by atoms with van der Waals surface area (Å²) in [6.07, 6.45) is 0. The second-order valence-corrected chi connectivity index (χ2v) is 6.26. The van der Waals surface area contributed by atoms with Crippen molar-refractivity contribution >= 4 is 17.3 Å². The summed E-state index contributed by atoms with van der Waals surface area (Å²) in [7, 11) is 0. The molecular formula is C21H19ClFNO. The average molecular weight is 356 g/mol. The van der Waals surface area contributed by atoms with Gasteiger partial charge in [0, 0.05) is 17.8 Å². The molecule has 0 heterocycles. The Labute approximate surface area is 152 Å². The Kier molecular flexibility index (Phi) is 5.56. The molecule has 0 amide bonds. The molecule has 0 bridgehead atoms. The summed E-state index contributed by atoms with van der Waals surface area (Å²) in [5.74, 6) is 0.326. The predicted octanol–water partition coefficient (Wildman–Crippen LogP) is 5.98. The zero-order chi connectivity index (χ0) is 17.6. The van der Waals surface area contributed by atoms with Crippen molar-refractivity contribution in [2.24, 2.45) is 0 Å². The summed E-state index contributed by atoms with van der Waals surface area (Å²) in [5.41, 5.74) is 3.74. The molecule has 0 spiro atoms. The van der Waals surface area contributed by atoms with E-state index in [1.54, 1.807) is 12.1 Å². The number of benzene rings is 3. The van der Waals surface area contributed by atoms with Crippen LogP contribution in [0.25, 0.3) is 0 Å².